The van der Waals surface area contributed by atoms with E-state index in [1.165, 1.54) is 22.9 Å². The number of amides is 1. The molecule has 35 heavy (non-hydrogen) atoms. The van der Waals surface area contributed by atoms with Crippen LogP contribution in [0.2, 0.25) is 0 Å². The highest BCUT2D eigenvalue weighted by atomic mass is 32.2. The predicted molar refractivity (Wildman–Crippen MR) is 132 cm³/mol. The highest BCUT2D eigenvalue weighted by Crippen LogP contribution is 2.34. The van der Waals surface area contributed by atoms with E-state index in [9.17, 15) is 17.6 Å². The minimum absolute atomic E-state index is 0.124. The van der Waals surface area contributed by atoms with Gasteiger partial charge < -0.3 is 20.1 Å². The Kier molecular flexibility index (Phi) is 7.89. The molecule has 2 N–H and O–H groups in total. The molecule has 1 aliphatic rings. The summed E-state index contributed by atoms with van der Waals surface area (Å²) in [5.74, 6) is -0.277. The van der Waals surface area contributed by atoms with Crippen LogP contribution in [0.15, 0.2) is 41.8 Å². The molecule has 0 aliphatic carbocycles. The van der Waals surface area contributed by atoms with Crippen LogP contribution < -0.4 is 5.73 Å². The van der Waals surface area contributed by atoms with Crippen LogP contribution in [0.4, 0.5) is 15.0 Å². The Bertz CT molecular complexity index is 1240. The number of hydrogen-bond donors (Lipinski definition) is 1. The number of aryl methyl sites for hydroxylation is 1. The fourth-order valence-electron chi connectivity index (χ4n) is 3.84. The summed E-state index contributed by atoms with van der Waals surface area (Å²) in [7, 11) is -3.56. The Labute approximate surface area is 204 Å². The second kappa shape index (κ2) is 10.5. The number of carbonyl (C=O) groups is 1. The first-order chi connectivity index (χ1) is 16.4. The molecule has 0 bridgehead atoms. The van der Waals surface area contributed by atoms with Crippen molar-refractivity contribution in [3.05, 3.63) is 48.4 Å². The number of carbonyl (C=O) groups excluding carboxylic acids is 1. The average Bonchev–Trinajstić information content (AvgIpc) is 3.06. The number of nitrogen functional groups attached to an aromatic ring is 1. The molecule has 11 heteroatoms. The third-order valence-corrected chi connectivity index (χ3v) is 6.64. The maximum absolute atomic E-state index is 14.9. The van der Waals surface area contributed by atoms with E-state index in [0.29, 0.717) is 43.1 Å². The van der Waals surface area contributed by atoms with Crippen molar-refractivity contribution in [1.29, 1.82) is 0 Å². The number of rotatable bonds is 7. The number of piperidine rings is 1. The van der Waals surface area contributed by atoms with E-state index < -0.39 is 15.7 Å². The number of ether oxygens (including phenoxy) is 2. The van der Waals surface area contributed by atoms with Crippen LogP contribution in [0, 0.1) is 12.7 Å². The van der Waals surface area contributed by atoms with Gasteiger partial charge in [-0.3, -0.25) is 0 Å². The number of likely N-dealkylation sites (tertiary alicyclic amines) is 1. The predicted octanol–water partition coefficient (Wildman–Crippen LogP) is 3.99. The van der Waals surface area contributed by atoms with Crippen molar-refractivity contribution in [1.82, 2.24) is 14.7 Å². The van der Waals surface area contributed by atoms with Gasteiger partial charge in [-0.05, 0) is 45.0 Å². The van der Waals surface area contributed by atoms with Crippen molar-refractivity contribution in [2.75, 3.05) is 25.1 Å². The molecule has 2 aromatic rings. The van der Waals surface area contributed by atoms with Crippen molar-refractivity contribution in [3.8, 4) is 11.1 Å². The molecule has 0 radical (unpaired) electrons. The van der Waals surface area contributed by atoms with Gasteiger partial charge in [-0.15, -0.1) is 0 Å². The summed E-state index contributed by atoms with van der Waals surface area (Å²) in [6.07, 6.45) is 4.57. The first kappa shape index (κ1) is 26.3. The molecule has 1 amide bonds. The van der Waals surface area contributed by atoms with Gasteiger partial charge in [0.25, 0.3) is 0 Å². The summed E-state index contributed by atoms with van der Waals surface area (Å²) >= 11 is 0. The number of nitrogens with two attached hydrogens (primary N) is 1. The van der Waals surface area contributed by atoms with Crippen LogP contribution in [0.5, 0.6) is 0 Å². The molecule has 2 heterocycles. The SMILES string of the molecule is C=C/C=C(/OC1CCN(C(=O)OC(C)C)CC1)n1nc(C)c(-c2ccc(S(C)(=O)=O)cc2F)c1N. The Morgan fingerprint density at radius 1 is 1.31 bits per heavy atom. The van der Waals surface area contributed by atoms with E-state index in [1.807, 2.05) is 0 Å². The lowest BCUT2D eigenvalue weighted by Crippen LogP contribution is -2.41. The van der Waals surface area contributed by atoms with Gasteiger partial charge >= 0.3 is 6.09 Å². The number of nitrogens with zero attached hydrogens (tertiary/aromatic N) is 3. The smallest absolute Gasteiger partial charge is 0.410 e. The largest absolute Gasteiger partial charge is 0.474 e. The molecule has 190 valence electrons. The minimum atomic E-state index is -3.56. The van der Waals surface area contributed by atoms with E-state index >= 15 is 0 Å². The van der Waals surface area contributed by atoms with Crippen LogP contribution in [0.1, 0.15) is 32.4 Å². The van der Waals surface area contributed by atoms with Gasteiger partial charge in [0, 0.05) is 37.8 Å². The zero-order valence-corrected chi connectivity index (χ0v) is 21.1. The molecule has 1 aromatic carbocycles. The molecule has 1 aromatic heterocycles. The number of anilines is 1. The first-order valence-electron chi connectivity index (χ1n) is 11.2. The summed E-state index contributed by atoms with van der Waals surface area (Å²) in [6.45, 7) is 9.96. The fraction of sp³-hybridized carbons (Fsp3) is 0.417. The van der Waals surface area contributed by atoms with Gasteiger partial charge in [-0.2, -0.15) is 9.78 Å². The summed E-state index contributed by atoms with van der Waals surface area (Å²) in [4.78, 5) is 13.6. The zero-order chi connectivity index (χ0) is 25.9. The van der Waals surface area contributed by atoms with Crippen LogP contribution >= 0.6 is 0 Å². The minimum Gasteiger partial charge on any atom is -0.474 e. The second-order valence-corrected chi connectivity index (χ2v) is 10.7. The Balaban J connectivity index is 1.83. The molecular weight excluding hydrogens is 475 g/mol. The molecule has 3 rings (SSSR count). The van der Waals surface area contributed by atoms with E-state index in [0.717, 1.165) is 12.3 Å². The topological polar surface area (TPSA) is 117 Å². The van der Waals surface area contributed by atoms with Crippen molar-refractivity contribution < 1.29 is 27.1 Å². The van der Waals surface area contributed by atoms with Gasteiger partial charge in [0.05, 0.1) is 22.3 Å². The molecule has 0 atom stereocenters. The third kappa shape index (κ3) is 6.02. The lowest BCUT2D eigenvalue weighted by molar-refractivity contribution is 0.0423. The van der Waals surface area contributed by atoms with E-state index in [-0.39, 0.29) is 34.6 Å². The summed E-state index contributed by atoms with van der Waals surface area (Å²) < 4.78 is 51.2. The molecular formula is C24H31FN4O5S. The molecule has 0 unspecified atom stereocenters. The van der Waals surface area contributed by atoms with Crippen molar-refractivity contribution >= 4 is 27.6 Å². The molecule has 0 saturated carbocycles. The summed E-state index contributed by atoms with van der Waals surface area (Å²) in [6, 6.07) is 3.68. The Morgan fingerprint density at radius 3 is 2.51 bits per heavy atom. The van der Waals surface area contributed by atoms with Crippen LogP contribution in [0.3, 0.4) is 0 Å². The number of allylic oxidation sites excluding steroid dienone is 2. The van der Waals surface area contributed by atoms with Gasteiger partial charge in [-0.25, -0.2) is 17.6 Å². The van der Waals surface area contributed by atoms with Crippen molar-refractivity contribution in [2.45, 2.75) is 50.7 Å². The lowest BCUT2D eigenvalue weighted by atomic mass is 10.1. The van der Waals surface area contributed by atoms with Gasteiger partial charge in [0.1, 0.15) is 17.7 Å². The maximum atomic E-state index is 14.9. The summed E-state index contributed by atoms with van der Waals surface area (Å²) in [5, 5.41) is 4.44. The van der Waals surface area contributed by atoms with E-state index in [4.69, 9.17) is 15.2 Å². The Morgan fingerprint density at radius 2 is 1.97 bits per heavy atom. The Hall–Kier alpha value is -3.34. The highest BCUT2D eigenvalue weighted by Gasteiger charge is 2.27. The van der Waals surface area contributed by atoms with Gasteiger partial charge in [0.15, 0.2) is 9.84 Å². The standard InChI is InChI=1S/C24H31FN4O5S/c1-6-7-21(34-17-10-12-28(13-11-17)24(30)33-15(2)3)29-23(26)22(16(4)27-29)19-9-8-18(14-20(19)25)35(5,31)32/h6-9,14-15,17H,1,10-13,26H2,2-5H3/b21-7+. The number of hydrogen-bond acceptors (Lipinski definition) is 7. The molecule has 1 aliphatic heterocycles. The van der Waals surface area contributed by atoms with Gasteiger partial charge in [-0.1, -0.05) is 12.7 Å². The van der Waals surface area contributed by atoms with Crippen LogP contribution in [-0.2, 0) is 19.3 Å². The number of sulfone groups is 1. The van der Waals surface area contributed by atoms with Crippen molar-refractivity contribution in [2.24, 2.45) is 0 Å². The monoisotopic (exact) mass is 506 g/mol. The second-order valence-electron chi connectivity index (χ2n) is 8.65. The lowest BCUT2D eigenvalue weighted by Gasteiger charge is -2.32. The normalized spacial score (nSPS) is 15.4. The first-order valence-corrected chi connectivity index (χ1v) is 13.1. The quantitative estimate of drug-likeness (QED) is 0.446. The molecule has 0 spiro atoms. The summed E-state index contributed by atoms with van der Waals surface area (Å²) in [5.41, 5.74) is 7.28. The highest BCUT2D eigenvalue weighted by molar-refractivity contribution is 7.90. The van der Waals surface area contributed by atoms with Crippen molar-refractivity contribution in [3.63, 3.8) is 0 Å². The molecule has 1 saturated heterocycles. The van der Waals surface area contributed by atoms with Crippen LogP contribution in [0.25, 0.3) is 17.0 Å². The third-order valence-electron chi connectivity index (χ3n) is 5.53. The number of benzene rings is 1. The average molecular weight is 507 g/mol. The maximum Gasteiger partial charge on any atom is 0.410 e. The molecule has 9 nitrogen and oxygen atoms in total. The molecule has 1 fully saturated rings. The van der Waals surface area contributed by atoms with Gasteiger partial charge in [0.2, 0.25) is 5.88 Å². The van der Waals surface area contributed by atoms with E-state index in [2.05, 4.69) is 11.7 Å². The van der Waals surface area contributed by atoms with E-state index in [1.54, 1.807) is 31.7 Å². The number of aromatic nitrogens is 2. The number of halogens is 1. The fourth-order valence-corrected chi connectivity index (χ4v) is 4.47. The van der Waals surface area contributed by atoms with Crippen LogP contribution in [-0.4, -0.2) is 60.7 Å². The zero-order valence-electron chi connectivity index (χ0n) is 20.3.